The van der Waals surface area contributed by atoms with Crippen molar-refractivity contribution in [2.75, 3.05) is 37.7 Å². The Balaban J connectivity index is 3.15. The molecule has 0 fully saturated rings. The molecule has 8 nitrogen and oxygen atoms in total. The van der Waals surface area contributed by atoms with Crippen LogP contribution >= 0.6 is 21.6 Å². The summed E-state index contributed by atoms with van der Waals surface area (Å²) in [5, 5.41) is 6.37. The molecular weight excluding hydrogens is 372 g/mol. The number of rotatable bonds is 15. The summed E-state index contributed by atoms with van der Waals surface area (Å²) in [5.41, 5.74) is 0. The van der Waals surface area contributed by atoms with E-state index in [0.717, 1.165) is 25.9 Å². The number of unbranched alkanes of at least 4 members (excludes halogenated alkanes) is 1. The summed E-state index contributed by atoms with van der Waals surface area (Å²) < 4.78 is 58.7. The summed E-state index contributed by atoms with van der Waals surface area (Å²) in [5.74, 6) is 0.740. The first-order chi connectivity index (χ1) is 10.2. The molecule has 0 rings (SSSR count). The Hall–Kier alpha value is 0.440. The van der Waals surface area contributed by atoms with E-state index >= 15 is 0 Å². The quantitative estimate of drug-likeness (QED) is 0.179. The first kappa shape index (κ1) is 22.4. The summed E-state index contributed by atoms with van der Waals surface area (Å²) in [7, 11) is -6.75. The maximum Gasteiger partial charge on any atom is 0.319 e. The van der Waals surface area contributed by atoms with E-state index in [1.165, 1.54) is 0 Å². The van der Waals surface area contributed by atoms with Crippen LogP contribution in [0.1, 0.15) is 25.7 Å². The second-order valence-electron chi connectivity index (χ2n) is 4.41. The fourth-order valence-electron chi connectivity index (χ4n) is 1.47. The van der Waals surface area contributed by atoms with Crippen molar-refractivity contribution in [3.63, 3.8) is 0 Å². The van der Waals surface area contributed by atoms with E-state index in [1.807, 2.05) is 0 Å². The minimum absolute atomic E-state index is 0.370. The van der Waals surface area contributed by atoms with Crippen molar-refractivity contribution < 1.29 is 25.9 Å². The Labute approximate surface area is 139 Å². The van der Waals surface area contributed by atoms with Gasteiger partial charge in [0.1, 0.15) is 0 Å². The van der Waals surface area contributed by atoms with E-state index in [0.29, 0.717) is 59.0 Å². The minimum atomic E-state index is -3.91. The molecule has 134 valence electrons. The highest BCUT2D eigenvalue weighted by Crippen LogP contribution is 2.10. The Morgan fingerprint density at radius 1 is 0.636 bits per heavy atom. The standard InChI is InChI=1S/C10H24N2O6S4/c13-21(14,15)19-9-3-7-11-5-1-2-6-12-8-4-10-20-22(16,17)18/h11-12H,1-10H2,(H,13,14,15)(H,16,17,18). The molecule has 22 heavy (non-hydrogen) atoms. The average Bonchev–Trinajstić information content (AvgIpc) is 2.36. The summed E-state index contributed by atoms with van der Waals surface area (Å²) in [4.78, 5) is 0. The van der Waals surface area contributed by atoms with Crippen LogP contribution in [0.15, 0.2) is 0 Å². The van der Waals surface area contributed by atoms with Crippen molar-refractivity contribution in [1.82, 2.24) is 10.6 Å². The zero-order chi connectivity index (χ0) is 16.9. The van der Waals surface area contributed by atoms with Crippen molar-refractivity contribution in [1.29, 1.82) is 0 Å². The monoisotopic (exact) mass is 396 g/mol. The normalized spacial score (nSPS) is 12.6. The topological polar surface area (TPSA) is 133 Å². The van der Waals surface area contributed by atoms with Gasteiger partial charge >= 0.3 is 18.3 Å². The van der Waals surface area contributed by atoms with Gasteiger partial charge in [-0.3, -0.25) is 9.11 Å². The molecule has 0 spiro atoms. The second kappa shape index (κ2) is 12.8. The molecule has 0 atom stereocenters. The van der Waals surface area contributed by atoms with Crippen molar-refractivity contribution >= 4 is 39.9 Å². The maximum atomic E-state index is 10.4. The zero-order valence-corrected chi connectivity index (χ0v) is 15.5. The number of hydrogen-bond donors (Lipinski definition) is 4. The van der Waals surface area contributed by atoms with Crippen LogP contribution in [0, 0.1) is 0 Å². The molecule has 4 N–H and O–H groups in total. The Bertz CT molecular complexity index is 424. The van der Waals surface area contributed by atoms with Gasteiger partial charge in [-0.2, -0.15) is 16.8 Å². The molecule has 12 heteroatoms. The molecular formula is C10H24N2O6S4. The molecule has 0 unspecified atom stereocenters. The summed E-state index contributed by atoms with van der Waals surface area (Å²) in [6.07, 6.45) is 3.32. The third-order valence-electron chi connectivity index (χ3n) is 2.42. The van der Waals surface area contributed by atoms with Gasteiger partial charge < -0.3 is 10.6 Å². The SMILES string of the molecule is O=S(=O)(O)SCCCNCCCCNCCCSS(=O)(=O)O. The molecule has 0 saturated carbocycles. The zero-order valence-electron chi connectivity index (χ0n) is 12.2. The summed E-state index contributed by atoms with van der Waals surface area (Å²) >= 11 is 0. The van der Waals surface area contributed by atoms with Crippen LogP contribution in [0.2, 0.25) is 0 Å². The van der Waals surface area contributed by atoms with E-state index in [1.54, 1.807) is 0 Å². The van der Waals surface area contributed by atoms with E-state index in [2.05, 4.69) is 10.6 Å². The Morgan fingerprint density at radius 2 is 0.955 bits per heavy atom. The van der Waals surface area contributed by atoms with Crippen molar-refractivity contribution in [3.8, 4) is 0 Å². The van der Waals surface area contributed by atoms with Crippen molar-refractivity contribution in [3.05, 3.63) is 0 Å². The predicted octanol–water partition coefficient (Wildman–Crippen LogP) is 0.798. The van der Waals surface area contributed by atoms with Gasteiger partial charge in [0.05, 0.1) is 0 Å². The van der Waals surface area contributed by atoms with Crippen LogP contribution in [0.4, 0.5) is 0 Å². The first-order valence-electron chi connectivity index (χ1n) is 6.86. The lowest BCUT2D eigenvalue weighted by Crippen LogP contribution is -2.21. The smallest absolute Gasteiger partial charge is 0.317 e. The van der Waals surface area contributed by atoms with Crippen LogP contribution in [0.5, 0.6) is 0 Å². The summed E-state index contributed by atoms with van der Waals surface area (Å²) in [6.45, 7) is 3.11. The molecule has 0 saturated heterocycles. The number of nitrogens with one attached hydrogen (secondary N) is 2. The molecule has 0 aliphatic carbocycles. The first-order valence-corrected chi connectivity index (χ1v) is 12.7. The van der Waals surface area contributed by atoms with E-state index < -0.39 is 18.3 Å². The molecule has 0 aromatic rings. The van der Waals surface area contributed by atoms with Crippen LogP contribution in [-0.2, 0) is 18.3 Å². The van der Waals surface area contributed by atoms with Gasteiger partial charge in [-0.15, -0.1) is 0 Å². The van der Waals surface area contributed by atoms with Gasteiger partial charge in [-0.25, -0.2) is 0 Å². The van der Waals surface area contributed by atoms with Crippen LogP contribution < -0.4 is 10.6 Å². The highest BCUT2D eigenvalue weighted by atomic mass is 33.2. The molecule has 0 aromatic carbocycles. The lowest BCUT2D eigenvalue weighted by Gasteiger charge is -2.05. The molecule has 0 amide bonds. The largest absolute Gasteiger partial charge is 0.319 e. The fourth-order valence-corrected chi connectivity index (χ4v) is 4.39. The maximum absolute atomic E-state index is 10.4. The van der Waals surface area contributed by atoms with Gasteiger partial charge in [0.15, 0.2) is 0 Å². The van der Waals surface area contributed by atoms with Gasteiger partial charge in [0.2, 0.25) is 0 Å². The molecule has 0 aliphatic rings. The predicted molar refractivity (Wildman–Crippen MR) is 92.2 cm³/mol. The van der Waals surface area contributed by atoms with E-state index in [9.17, 15) is 16.8 Å². The van der Waals surface area contributed by atoms with Gasteiger partial charge in [0, 0.05) is 11.5 Å². The fraction of sp³-hybridized carbons (Fsp3) is 1.00. The van der Waals surface area contributed by atoms with Gasteiger partial charge in [-0.05, 0) is 73.5 Å². The van der Waals surface area contributed by atoms with E-state index in [4.69, 9.17) is 9.11 Å². The second-order valence-corrected chi connectivity index (χ2v) is 11.4. The molecule has 0 bridgehead atoms. The van der Waals surface area contributed by atoms with E-state index in [-0.39, 0.29) is 0 Å². The molecule has 0 aliphatic heterocycles. The van der Waals surface area contributed by atoms with Crippen LogP contribution in [0.3, 0.4) is 0 Å². The Kier molecular flexibility index (Phi) is 13.1. The molecule has 0 aromatic heterocycles. The third kappa shape index (κ3) is 20.4. The lowest BCUT2D eigenvalue weighted by atomic mass is 10.3. The van der Waals surface area contributed by atoms with Crippen LogP contribution in [-0.4, -0.2) is 63.6 Å². The highest BCUT2D eigenvalue weighted by molar-refractivity contribution is 8.70. The molecule has 0 radical (unpaired) electrons. The van der Waals surface area contributed by atoms with Crippen molar-refractivity contribution in [2.24, 2.45) is 0 Å². The number of hydrogen-bond acceptors (Lipinski definition) is 8. The van der Waals surface area contributed by atoms with Crippen molar-refractivity contribution in [2.45, 2.75) is 25.7 Å². The minimum Gasteiger partial charge on any atom is -0.317 e. The van der Waals surface area contributed by atoms with Crippen LogP contribution in [0.25, 0.3) is 0 Å². The Morgan fingerprint density at radius 3 is 1.27 bits per heavy atom. The summed E-state index contributed by atoms with van der Waals surface area (Å²) in [6, 6.07) is 0. The van der Waals surface area contributed by atoms with Gasteiger partial charge in [0.25, 0.3) is 0 Å². The third-order valence-corrected chi connectivity index (χ3v) is 6.71. The average molecular weight is 397 g/mol. The molecule has 0 heterocycles. The lowest BCUT2D eigenvalue weighted by molar-refractivity contribution is 0.500. The highest BCUT2D eigenvalue weighted by Gasteiger charge is 2.04. The van der Waals surface area contributed by atoms with Gasteiger partial charge in [-0.1, -0.05) is 0 Å².